The summed E-state index contributed by atoms with van der Waals surface area (Å²) in [5.74, 6) is 3.32. The van der Waals surface area contributed by atoms with Gasteiger partial charge in [-0.1, -0.05) is 63.8 Å². The lowest BCUT2D eigenvalue weighted by molar-refractivity contribution is -0.120. The van der Waals surface area contributed by atoms with Crippen molar-refractivity contribution >= 4 is 17.7 Å². The molecular formula is C21H34N4OS. The van der Waals surface area contributed by atoms with Crippen LogP contribution in [-0.2, 0) is 11.3 Å². The number of amides is 1. The molecule has 0 bridgehead atoms. The van der Waals surface area contributed by atoms with Crippen LogP contribution in [0.3, 0.4) is 0 Å². The maximum Gasteiger partial charge on any atom is 0.230 e. The molecule has 27 heavy (non-hydrogen) atoms. The summed E-state index contributed by atoms with van der Waals surface area (Å²) in [4.78, 5) is 12.5. The van der Waals surface area contributed by atoms with Crippen molar-refractivity contribution in [3.63, 3.8) is 0 Å². The first-order chi connectivity index (χ1) is 13.1. The van der Waals surface area contributed by atoms with Crippen LogP contribution in [0.5, 0.6) is 0 Å². The zero-order chi connectivity index (χ0) is 19.2. The third kappa shape index (κ3) is 5.15. The second-order valence-electron chi connectivity index (χ2n) is 8.30. The lowest BCUT2D eigenvalue weighted by Gasteiger charge is -2.34. The summed E-state index contributed by atoms with van der Waals surface area (Å²) in [5, 5.41) is 13.0. The Hall–Kier alpha value is -1.30. The molecule has 0 aliphatic heterocycles. The number of aromatic nitrogens is 3. The zero-order valence-corrected chi connectivity index (χ0v) is 17.6. The smallest absolute Gasteiger partial charge is 0.230 e. The van der Waals surface area contributed by atoms with E-state index in [-0.39, 0.29) is 5.91 Å². The van der Waals surface area contributed by atoms with E-state index in [2.05, 4.69) is 40.5 Å². The van der Waals surface area contributed by atoms with E-state index in [1.54, 1.807) is 0 Å². The quantitative estimate of drug-likeness (QED) is 0.548. The highest BCUT2D eigenvalue weighted by molar-refractivity contribution is 7.99. The van der Waals surface area contributed by atoms with Crippen LogP contribution in [0.25, 0.3) is 0 Å². The number of nitrogens with one attached hydrogen (secondary N) is 1. The SMILES string of the molecule is C=CCn1c(SCC(=O)N[C@H]2CCC[C@H](C)[C@H]2C)nnc1C1CCCCC1. The third-order valence-electron chi connectivity index (χ3n) is 6.41. The summed E-state index contributed by atoms with van der Waals surface area (Å²) in [7, 11) is 0. The normalized spacial score (nSPS) is 26.7. The zero-order valence-electron chi connectivity index (χ0n) is 16.8. The van der Waals surface area contributed by atoms with Crippen LogP contribution in [-0.4, -0.2) is 32.5 Å². The van der Waals surface area contributed by atoms with Gasteiger partial charge in [-0.25, -0.2) is 0 Å². The Morgan fingerprint density at radius 3 is 2.70 bits per heavy atom. The molecule has 0 spiro atoms. The van der Waals surface area contributed by atoms with Gasteiger partial charge in [-0.05, 0) is 31.1 Å². The van der Waals surface area contributed by atoms with Crippen molar-refractivity contribution in [1.29, 1.82) is 0 Å². The van der Waals surface area contributed by atoms with Crippen LogP contribution >= 0.6 is 11.8 Å². The molecule has 2 fully saturated rings. The van der Waals surface area contributed by atoms with Crippen molar-refractivity contribution in [2.45, 2.75) is 88.9 Å². The van der Waals surface area contributed by atoms with Gasteiger partial charge in [0, 0.05) is 18.5 Å². The number of hydrogen-bond acceptors (Lipinski definition) is 4. The summed E-state index contributed by atoms with van der Waals surface area (Å²) >= 11 is 1.50. The Balaban J connectivity index is 1.59. The van der Waals surface area contributed by atoms with E-state index >= 15 is 0 Å². The Morgan fingerprint density at radius 2 is 1.96 bits per heavy atom. The molecule has 0 radical (unpaired) electrons. The fourth-order valence-corrected chi connectivity index (χ4v) is 5.30. The molecule has 6 heteroatoms. The number of carbonyl (C=O) groups is 1. The number of thioether (sulfide) groups is 1. The fourth-order valence-electron chi connectivity index (χ4n) is 4.53. The van der Waals surface area contributed by atoms with Crippen molar-refractivity contribution in [2.75, 3.05) is 5.75 Å². The summed E-state index contributed by atoms with van der Waals surface area (Å²) in [6, 6.07) is 0.311. The van der Waals surface area contributed by atoms with Crippen LogP contribution < -0.4 is 5.32 Å². The molecule has 0 unspecified atom stereocenters. The third-order valence-corrected chi connectivity index (χ3v) is 7.38. The predicted octanol–water partition coefficient (Wildman–Crippen LogP) is 4.54. The van der Waals surface area contributed by atoms with E-state index in [1.165, 1.54) is 56.7 Å². The maximum atomic E-state index is 12.5. The number of nitrogens with zero attached hydrogens (tertiary/aromatic N) is 3. The topological polar surface area (TPSA) is 59.8 Å². The molecule has 3 rings (SSSR count). The van der Waals surface area contributed by atoms with E-state index in [1.807, 2.05) is 6.08 Å². The lowest BCUT2D eigenvalue weighted by atomic mass is 9.78. The largest absolute Gasteiger partial charge is 0.352 e. The second-order valence-corrected chi connectivity index (χ2v) is 9.25. The van der Waals surface area contributed by atoms with E-state index in [9.17, 15) is 4.79 Å². The van der Waals surface area contributed by atoms with Gasteiger partial charge in [0.15, 0.2) is 5.16 Å². The fraction of sp³-hybridized carbons (Fsp3) is 0.762. The molecule has 1 aromatic rings. The minimum atomic E-state index is 0.110. The minimum Gasteiger partial charge on any atom is -0.352 e. The standard InChI is InChI=1S/C21H34N4OS/c1-4-13-25-20(17-10-6-5-7-11-17)23-24-21(25)27-14-19(26)22-18-12-8-9-15(2)16(18)3/h4,15-18H,1,5-14H2,2-3H3,(H,22,26)/t15-,16+,18-/m0/s1. The lowest BCUT2D eigenvalue weighted by Crippen LogP contribution is -2.44. The molecule has 5 nitrogen and oxygen atoms in total. The average molecular weight is 391 g/mol. The summed E-state index contributed by atoms with van der Waals surface area (Å²) < 4.78 is 2.16. The Kier molecular flexibility index (Phi) is 7.39. The van der Waals surface area contributed by atoms with Crippen molar-refractivity contribution in [3.05, 3.63) is 18.5 Å². The molecule has 1 N–H and O–H groups in total. The first-order valence-corrected chi connectivity index (χ1v) is 11.5. The van der Waals surface area contributed by atoms with Crippen molar-refractivity contribution in [1.82, 2.24) is 20.1 Å². The van der Waals surface area contributed by atoms with Gasteiger partial charge in [-0.15, -0.1) is 16.8 Å². The Bertz CT molecular complexity index is 638. The molecule has 1 aromatic heterocycles. The monoisotopic (exact) mass is 390 g/mol. The van der Waals surface area contributed by atoms with Gasteiger partial charge < -0.3 is 9.88 Å². The van der Waals surface area contributed by atoms with Crippen LogP contribution in [0.15, 0.2) is 17.8 Å². The van der Waals surface area contributed by atoms with Crippen LogP contribution in [0.2, 0.25) is 0 Å². The highest BCUT2D eigenvalue weighted by Crippen LogP contribution is 2.33. The molecular weight excluding hydrogens is 356 g/mol. The highest BCUT2D eigenvalue weighted by atomic mass is 32.2. The number of hydrogen-bond donors (Lipinski definition) is 1. The van der Waals surface area contributed by atoms with Crippen molar-refractivity contribution in [2.24, 2.45) is 11.8 Å². The maximum absolute atomic E-state index is 12.5. The van der Waals surface area contributed by atoms with E-state index in [0.29, 0.717) is 36.1 Å². The molecule has 0 saturated heterocycles. The highest BCUT2D eigenvalue weighted by Gasteiger charge is 2.28. The van der Waals surface area contributed by atoms with Gasteiger partial charge in [0.1, 0.15) is 5.82 Å². The van der Waals surface area contributed by atoms with Crippen molar-refractivity contribution in [3.8, 4) is 0 Å². The summed E-state index contributed by atoms with van der Waals surface area (Å²) in [6.07, 6.45) is 11.7. The average Bonchev–Trinajstić information content (AvgIpc) is 3.07. The number of allylic oxidation sites excluding steroid dienone is 1. The molecule has 2 aliphatic carbocycles. The molecule has 2 aliphatic rings. The van der Waals surface area contributed by atoms with E-state index in [0.717, 1.165) is 17.4 Å². The van der Waals surface area contributed by atoms with Gasteiger partial charge in [0.05, 0.1) is 5.75 Å². The Labute approximate surface area is 167 Å². The van der Waals surface area contributed by atoms with Gasteiger partial charge >= 0.3 is 0 Å². The van der Waals surface area contributed by atoms with Gasteiger partial charge in [-0.2, -0.15) is 0 Å². The number of carbonyl (C=O) groups excluding carboxylic acids is 1. The van der Waals surface area contributed by atoms with E-state index in [4.69, 9.17) is 0 Å². The van der Waals surface area contributed by atoms with Crippen molar-refractivity contribution < 1.29 is 4.79 Å². The van der Waals surface area contributed by atoms with Gasteiger partial charge in [0.2, 0.25) is 5.91 Å². The van der Waals surface area contributed by atoms with Gasteiger partial charge in [-0.3, -0.25) is 4.79 Å². The molecule has 2 saturated carbocycles. The Morgan fingerprint density at radius 1 is 1.19 bits per heavy atom. The minimum absolute atomic E-state index is 0.110. The first kappa shape index (κ1) is 20.4. The molecule has 150 valence electrons. The second kappa shape index (κ2) is 9.76. The predicted molar refractivity (Wildman–Crippen MR) is 111 cm³/mol. The number of rotatable bonds is 7. The summed E-state index contributed by atoms with van der Waals surface area (Å²) in [6.45, 7) is 9.15. The molecule has 0 aromatic carbocycles. The summed E-state index contributed by atoms with van der Waals surface area (Å²) in [5.41, 5.74) is 0. The van der Waals surface area contributed by atoms with E-state index < -0.39 is 0 Å². The van der Waals surface area contributed by atoms with Gasteiger partial charge in [0.25, 0.3) is 0 Å². The van der Waals surface area contributed by atoms with Crippen LogP contribution in [0.4, 0.5) is 0 Å². The van der Waals surface area contributed by atoms with Crippen LogP contribution in [0.1, 0.15) is 77.0 Å². The molecule has 3 atom stereocenters. The molecule has 1 heterocycles. The first-order valence-electron chi connectivity index (χ1n) is 10.6. The molecule has 1 amide bonds. The van der Waals surface area contributed by atoms with Crippen LogP contribution in [0, 0.1) is 11.8 Å².